The van der Waals surface area contributed by atoms with Crippen LogP contribution < -0.4 is 21.3 Å². The first-order valence-corrected chi connectivity index (χ1v) is 10.7. The normalized spacial score (nSPS) is 18.4. The highest BCUT2D eigenvalue weighted by molar-refractivity contribution is 14.0. The number of carbonyl (C=O) groups is 1. The number of hydrogen-bond donors (Lipinski definition) is 4. The van der Waals surface area contributed by atoms with Crippen LogP contribution in [0.15, 0.2) is 35.3 Å². The molecular formula is C22H38IN5O. The lowest BCUT2D eigenvalue weighted by Gasteiger charge is -2.35. The van der Waals surface area contributed by atoms with Gasteiger partial charge in [-0.3, -0.25) is 9.79 Å². The van der Waals surface area contributed by atoms with Crippen LogP contribution in [0.25, 0.3) is 0 Å². The van der Waals surface area contributed by atoms with E-state index < -0.39 is 0 Å². The van der Waals surface area contributed by atoms with Crippen LogP contribution in [-0.4, -0.2) is 43.1 Å². The van der Waals surface area contributed by atoms with E-state index in [0.29, 0.717) is 19.5 Å². The van der Waals surface area contributed by atoms with E-state index >= 15 is 0 Å². The fourth-order valence-corrected chi connectivity index (χ4v) is 3.61. The molecule has 164 valence electrons. The molecule has 0 aromatic heterocycles. The number of guanidine groups is 1. The fourth-order valence-electron chi connectivity index (χ4n) is 3.61. The molecule has 2 unspecified atom stereocenters. The molecule has 1 saturated heterocycles. The van der Waals surface area contributed by atoms with Gasteiger partial charge in [0.25, 0.3) is 0 Å². The third-order valence-electron chi connectivity index (χ3n) is 5.67. The SMILES string of the molecule is CCNC(=NCC(CC)(CC)NC(C)c1ccccc1)NC1CCC(=O)NC1.I. The molecule has 0 radical (unpaired) electrons. The van der Waals surface area contributed by atoms with Crippen molar-refractivity contribution in [1.82, 2.24) is 21.3 Å². The molecule has 2 rings (SSSR count). The average molecular weight is 515 g/mol. The van der Waals surface area contributed by atoms with Gasteiger partial charge in [0.1, 0.15) is 0 Å². The van der Waals surface area contributed by atoms with Crippen LogP contribution in [0.2, 0.25) is 0 Å². The number of benzene rings is 1. The Morgan fingerprint density at radius 3 is 2.48 bits per heavy atom. The molecule has 1 heterocycles. The third kappa shape index (κ3) is 8.12. The molecule has 1 amide bonds. The number of nitrogens with zero attached hydrogens (tertiary/aromatic N) is 1. The zero-order valence-electron chi connectivity index (χ0n) is 18.3. The quantitative estimate of drug-likeness (QED) is 0.231. The predicted octanol–water partition coefficient (Wildman–Crippen LogP) is 3.35. The number of halogens is 1. The summed E-state index contributed by atoms with van der Waals surface area (Å²) in [5.41, 5.74) is 1.24. The lowest BCUT2D eigenvalue weighted by molar-refractivity contribution is -0.122. The van der Waals surface area contributed by atoms with E-state index in [1.54, 1.807) is 0 Å². The van der Waals surface area contributed by atoms with Crippen molar-refractivity contribution in [3.8, 4) is 0 Å². The molecule has 29 heavy (non-hydrogen) atoms. The van der Waals surface area contributed by atoms with E-state index in [4.69, 9.17) is 4.99 Å². The van der Waals surface area contributed by atoms with Gasteiger partial charge in [-0.15, -0.1) is 24.0 Å². The number of carbonyl (C=O) groups excluding carboxylic acids is 1. The molecule has 0 aliphatic carbocycles. The molecular weight excluding hydrogens is 477 g/mol. The third-order valence-corrected chi connectivity index (χ3v) is 5.67. The summed E-state index contributed by atoms with van der Waals surface area (Å²) < 4.78 is 0. The zero-order valence-corrected chi connectivity index (χ0v) is 20.6. The van der Waals surface area contributed by atoms with E-state index in [-0.39, 0.29) is 47.5 Å². The largest absolute Gasteiger partial charge is 0.357 e. The first kappa shape index (κ1) is 25.7. The van der Waals surface area contributed by atoms with Crippen molar-refractivity contribution in [2.75, 3.05) is 19.6 Å². The Kier molecular flexibility index (Phi) is 11.6. The molecule has 1 aromatic rings. The van der Waals surface area contributed by atoms with Crippen LogP contribution in [0, 0.1) is 0 Å². The Bertz CT molecular complexity index is 623. The van der Waals surface area contributed by atoms with Crippen LogP contribution in [0.3, 0.4) is 0 Å². The Labute approximate surface area is 193 Å². The Morgan fingerprint density at radius 1 is 1.24 bits per heavy atom. The second-order valence-electron chi connectivity index (χ2n) is 7.64. The van der Waals surface area contributed by atoms with E-state index in [1.165, 1.54) is 5.56 Å². The van der Waals surface area contributed by atoms with Gasteiger partial charge in [0.15, 0.2) is 5.96 Å². The molecule has 0 spiro atoms. The lowest BCUT2D eigenvalue weighted by atomic mass is 9.90. The van der Waals surface area contributed by atoms with Crippen LogP contribution in [0.1, 0.15) is 65.0 Å². The number of piperidine rings is 1. The van der Waals surface area contributed by atoms with Crippen LogP contribution in [0.4, 0.5) is 0 Å². The topological polar surface area (TPSA) is 77.6 Å². The van der Waals surface area contributed by atoms with Gasteiger partial charge in [-0.2, -0.15) is 0 Å². The number of rotatable bonds is 9. The van der Waals surface area contributed by atoms with E-state index in [0.717, 1.165) is 31.8 Å². The summed E-state index contributed by atoms with van der Waals surface area (Å²) in [7, 11) is 0. The summed E-state index contributed by atoms with van der Waals surface area (Å²) in [6.07, 6.45) is 3.42. The molecule has 4 N–H and O–H groups in total. The highest BCUT2D eigenvalue weighted by atomic mass is 127. The second kappa shape index (κ2) is 13.1. The van der Waals surface area contributed by atoms with Crippen molar-refractivity contribution in [1.29, 1.82) is 0 Å². The Morgan fingerprint density at radius 2 is 1.93 bits per heavy atom. The molecule has 0 bridgehead atoms. The van der Waals surface area contributed by atoms with Gasteiger partial charge < -0.3 is 21.3 Å². The molecule has 6 nitrogen and oxygen atoms in total. The highest BCUT2D eigenvalue weighted by Crippen LogP contribution is 2.22. The predicted molar refractivity (Wildman–Crippen MR) is 132 cm³/mol. The van der Waals surface area contributed by atoms with Gasteiger partial charge in [-0.1, -0.05) is 44.2 Å². The van der Waals surface area contributed by atoms with Crippen LogP contribution in [-0.2, 0) is 4.79 Å². The summed E-state index contributed by atoms with van der Waals surface area (Å²) in [6, 6.07) is 11.0. The fraction of sp³-hybridized carbons (Fsp3) is 0.636. The molecule has 2 atom stereocenters. The molecule has 1 fully saturated rings. The number of nitrogens with one attached hydrogen (secondary N) is 4. The molecule has 1 aromatic carbocycles. The van der Waals surface area contributed by atoms with Gasteiger partial charge in [0.05, 0.1) is 6.54 Å². The average Bonchev–Trinajstić information content (AvgIpc) is 2.73. The zero-order chi connectivity index (χ0) is 20.4. The van der Waals surface area contributed by atoms with Crippen molar-refractivity contribution in [3.05, 3.63) is 35.9 Å². The number of hydrogen-bond acceptors (Lipinski definition) is 3. The van der Waals surface area contributed by atoms with E-state index in [9.17, 15) is 4.79 Å². The molecule has 1 aliphatic heterocycles. The van der Waals surface area contributed by atoms with Gasteiger partial charge in [0.2, 0.25) is 5.91 Å². The monoisotopic (exact) mass is 515 g/mol. The minimum Gasteiger partial charge on any atom is -0.357 e. The van der Waals surface area contributed by atoms with Crippen LogP contribution >= 0.6 is 24.0 Å². The number of amides is 1. The summed E-state index contributed by atoms with van der Waals surface area (Å²) in [5.74, 6) is 0.958. The minimum absolute atomic E-state index is 0. The van der Waals surface area contributed by atoms with Crippen LogP contribution in [0.5, 0.6) is 0 Å². The van der Waals surface area contributed by atoms with Gasteiger partial charge >= 0.3 is 0 Å². The van der Waals surface area contributed by atoms with Crippen molar-refractivity contribution in [3.63, 3.8) is 0 Å². The van der Waals surface area contributed by atoms with Gasteiger partial charge in [0, 0.05) is 37.1 Å². The minimum atomic E-state index is -0.0572. The Hall–Kier alpha value is -1.35. The molecule has 1 aliphatic rings. The maximum Gasteiger partial charge on any atom is 0.220 e. The van der Waals surface area contributed by atoms with Crippen molar-refractivity contribution < 1.29 is 4.79 Å². The van der Waals surface area contributed by atoms with Crippen molar-refractivity contribution in [2.24, 2.45) is 4.99 Å². The van der Waals surface area contributed by atoms with Gasteiger partial charge in [-0.25, -0.2) is 0 Å². The Balaban J connectivity index is 0.00000420. The second-order valence-corrected chi connectivity index (χ2v) is 7.64. The standard InChI is InChI=1S/C22H37N5O.HI/c1-5-22(6-2,27-17(4)18-11-9-8-10-12-18)16-25-21(23-7-3)26-19-13-14-20(28)24-15-19;/h8-12,17,19,27H,5-7,13-16H2,1-4H3,(H,24,28)(H2,23,25,26);1H. The summed E-state index contributed by atoms with van der Waals surface area (Å²) in [5, 5.41) is 13.6. The first-order chi connectivity index (χ1) is 13.5. The van der Waals surface area contributed by atoms with Crippen molar-refractivity contribution >= 4 is 35.8 Å². The molecule has 0 saturated carbocycles. The summed E-state index contributed by atoms with van der Waals surface area (Å²) in [4.78, 5) is 16.3. The van der Waals surface area contributed by atoms with E-state index in [2.05, 4.69) is 79.3 Å². The molecule has 7 heteroatoms. The maximum atomic E-state index is 11.4. The highest BCUT2D eigenvalue weighted by Gasteiger charge is 2.28. The first-order valence-electron chi connectivity index (χ1n) is 10.7. The van der Waals surface area contributed by atoms with Gasteiger partial charge in [-0.05, 0) is 38.7 Å². The smallest absolute Gasteiger partial charge is 0.220 e. The van der Waals surface area contributed by atoms with E-state index in [1.807, 2.05) is 0 Å². The lowest BCUT2D eigenvalue weighted by Crippen LogP contribution is -2.53. The maximum absolute atomic E-state index is 11.4. The number of aliphatic imine (C=N–C) groups is 1. The summed E-state index contributed by atoms with van der Waals surface area (Å²) >= 11 is 0. The summed E-state index contributed by atoms with van der Waals surface area (Å²) in [6.45, 7) is 10.9. The van der Waals surface area contributed by atoms with Crippen molar-refractivity contribution in [2.45, 2.75) is 71.0 Å².